The van der Waals surface area contributed by atoms with Gasteiger partial charge in [-0.05, 0) is 31.7 Å². The monoisotopic (exact) mass is 346 g/mol. The van der Waals surface area contributed by atoms with Crippen LogP contribution in [0.15, 0.2) is 36.4 Å². The minimum atomic E-state index is -0.905. The largest absolute Gasteiger partial charge is 0.496 e. The van der Waals surface area contributed by atoms with Gasteiger partial charge < -0.3 is 19.9 Å². The Morgan fingerprint density at radius 2 is 2.00 bits per heavy atom. The average molecular weight is 346 g/mol. The molecule has 7 nitrogen and oxygen atoms in total. The van der Waals surface area contributed by atoms with Crippen molar-refractivity contribution in [2.24, 2.45) is 0 Å². The molecule has 0 radical (unpaired) electrons. The molecule has 2 rings (SSSR count). The molecule has 0 spiro atoms. The van der Waals surface area contributed by atoms with Crippen molar-refractivity contribution in [1.82, 2.24) is 15.4 Å². The lowest BCUT2D eigenvalue weighted by Crippen LogP contribution is -2.45. The Hall–Kier alpha value is -2.35. The maximum absolute atomic E-state index is 10.2. The molecule has 0 saturated heterocycles. The Morgan fingerprint density at radius 1 is 1.24 bits per heavy atom. The maximum atomic E-state index is 10.2. The van der Waals surface area contributed by atoms with Crippen LogP contribution in [0.25, 0.3) is 0 Å². The molecule has 1 aromatic heterocycles. The number of ether oxygens (including phenoxy) is 2. The van der Waals surface area contributed by atoms with E-state index in [4.69, 9.17) is 9.47 Å². The van der Waals surface area contributed by atoms with Crippen LogP contribution in [-0.4, -0.2) is 42.7 Å². The number of aromatic nitrogens is 1. The molecule has 0 amide bonds. The minimum absolute atomic E-state index is 0.266. The molecule has 7 heteroatoms. The van der Waals surface area contributed by atoms with E-state index < -0.39 is 6.35 Å². The minimum Gasteiger partial charge on any atom is -0.496 e. The molecule has 136 valence electrons. The molecule has 1 atom stereocenters. The van der Waals surface area contributed by atoms with E-state index in [1.807, 2.05) is 43.3 Å². The lowest BCUT2D eigenvalue weighted by molar-refractivity contribution is 0.0159. The van der Waals surface area contributed by atoms with Gasteiger partial charge in [-0.25, -0.2) is 9.99 Å². The molecule has 1 aromatic carbocycles. The summed E-state index contributed by atoms with van der Waals surface area (Å²) in [4.78, 5) is 4.44. The van der Waals surface area contributed by atoms with Crippen molar-refractivity contribution >= 4 is 5.69 Å². The lowest BCUT2D eigenvalue weighted by atomic mass is 10.1. The zero-order chi connectivity index (χ0) is 18.2. The van der Waals surface area contributed by atoms with E-state index in [0.29, 0.717) is 11.6 Å². The fourth-order valence-electron chi connectivity index (χ4n) is 2.28. The number of aliphatic hydroxyl groups is 1. The Kier molecular flexibility index (Phi) is 7.00. The molecule has 0 aliphatic rings. The van der Waals surface area contributed by atoms with Crippen molar-refractivity contribution in [3.8, 4) is 11.6 Å². The number of pyridine rings is 1. The number of methoxy groups -OCH3 is 1. The van der Waals surface area contributed by atoms with E-state index in [1.165, 1.54) is 5.01 Å². The van der Waals surface area contributed by atoms with E-state index >= 15 is 0 Å². The summed E-state index contributed by atoms with van der Waals surface area (Å²) in [5.41, 5.74) is 5.35. The third-order valence-electron chi connectivity index (χ3n) is 3.86. The molecule has 0 aliphatic carbocycles. The summed E-state index contributed by atoms with van der Waals surface area (Å²) < 4.78 is 11.3. The number of benzene rings is 1. The van der Waals surface area contributed by atoms with Gasteiger partial charge >= 0.3 is 0 Å². The van der Waals surface area contributed by atoms with Gasteiger partial charge in [-0.1, -0.05) is 19.1 Å². The van der Waals surface area contributed by atoms with E-state index in [-0.39, 0.29) is 6.61 Å². The van der Waals surface area contributed by atoms with Gasteiger partial charge in [-0.2, -0.15) is 0 Å². The van der Waals surface area contributed by atoms with Crippen LogP contribution in [0, 0.1) is 0 Å². The second-order valence-corrected chi connectivity index (χ2v) is 5.45. The van der Waals surface area contributed by atoms with Gasteiger partial charge in [0, 0.05) is 24.5 Å². The highest BCUT2D eigenvalue weighted by atomic mass is 16.5. The van der Waals surface area contributed by atoms with Gasteiger partial charge in [0.05, 0.1) is 12.7 Å². The van der Waals surface area contributed by atoms with Gasteiger partial charge in [-0.3, -0.25) is 5.43 Å². The zero-order valence-corrected chi connectivity index (χ0v) is 15.1. The second-order valence-electron chi connectivity index (χ2n) is 5.45. The van der Waals surface area contributed by atoms with Crippen molar-refractivity contribution < 1.29 is 14.6 Å². The highest BCUT2D eigenvalue weighted by molar-refractivity contribution is 5.57. The normalized spacial score (nSPS) is 12.1. The molecule has 0 fully saturated rings. The van der Waals surface area contributed by atoms with Crippen LogP contribution in [0.4, 0.5) is 5.69 Å². The number of hydrazine groups is 1. The van der Waals surface area contributed by atoms with E-state index in [0.717, 1.165) is 23.4 Å². The fraction of sp³-hybridized carbons (Fsp3) is 0.389. The van der Waals surface area contributed by atoms with E-state index in [2.05, 4.69) is 15.7 Å². The fourth-order valence-corrected chi connectivity index (χ4v) is 2.28. The van der Waals surface area contributed by atoms with Gasteiger partial charge in [0.15, 0.2) is 6.35 Å². The van der Waals surface area contributed by atoms with Crippen LogP contribution < -0.4 is 20.2 Å². The summed E-state index contributed by atoms with van der Waals surface area (Å²) >= 11 is 0. The van der Waals surface area contributed by atoms with E-state index in [9.17, 15) is 5.11 Å². The molecular weight excluding hydrogens is 320 g/mol. The van der Waals surface area contributed by atoms with Crippen LogP contribution in [0.2, 0.25) is 0 Å². The van der Waals surface area contributed by atoms with Gasteiger partial charge in [0.2, 0.25) is 5.88 Å². The SMILES string of the molecule is CCc1cccc(OCc2c(NC(O)N(C)NC)cccc2OC)n1. The second kappa shape index (κ2) is 9.22. The average Bonchev–Trinajstić information content (AvgIpc) is 2.66. The third kappa shape index (κ3) is 5.06. The summed E-state index contributed by atoms with van der Waals surface area (Å²) in [6.07, 6.45) is -0.0568. The van der Waals surface area contributed by atoms with Crippen molar-refractivity contribution in [2.75, 3.05) is 26.5 Å². The van der Waals surface area contributed by atoms with Crippen molar-refractivity contribution in [1.29, 1.82) is 0 Å². The summed E-state index contributed by atoms with van der Waals surface area (Å²) in [5, 5.41) is 14.7. The molecule has 0 aliphatic heterocycles. The molecular formula is C18H26N4O3. The molecule has 2 aromatic rings. The Morgan fingerprint density at radius 3 is 2.68 bits per heavy atom. The number of rotatable bonds is 9. The summed E-state index contributed by atoms with van der Waals surface area (Å²) in [7, 11) is 5.07. The molecule has 25 heavy (non-hydrogen) atoms. The topological polar surface area (TPSA) is 78.9 Å². The molecule has 0 bridgehead atoms. The molecule has 3 N–H and O–H groups in total. The molecule has 0 saturated carbocycles. The number of aliphatic hydroxyl groups excluding tert-OH is 1. The van der Waals surface area contributed by atoms with Crippen LogP contribution in [0.5, 0.6) is 11.6 Å². The maximum Gasteiger partial charge on any atom is 0.213 e. The van der Waals surface area contributed by atoms with Gasteiger partial charge in [-0.15, -0.1) is 0 Å². The van der Waals surface area contributed by atoms with Crippen molar-refractivity contribution in [2.45, 2.75) is 26.3 Å². The number of nitrogens with zero attached hydrogens (tertiary/aromatic N) is 2. The quantitative estimate of drug-likeness (QED) is 0.473. The van der Waals surface area contributed by atoms with Crippen LogP contribution in [0.3, 0.4) is 0 Å². The number of hydrogen-bond donors (Lipinski definition) is 3. The van der Waals surface area contributed by atoms with E-state index in [1.54, 1.807) is 21.2 Å². The van der Waals surface area contributed by atoms with Crippen molar-refractivity contribution in [3.05, 3.63) is 47.7 Å². The summed E-state index contributed by atoms with van der Waals surface area (Å²) in [5.74, 6) is 1.24. The van der Waals surface area contributed by atoms with Crippen LogP contribution in [0.1, 0.15) is 18.2 Å². The predicted octanol–water partition coefficient (Wildman–Crippen LogP) is 1.99. The van der Waals surface area contributed by atoms with Crippen LogP contribution >= 0.6 is 0 Å². The van der Waals surface area contributed by atoms with Crippen molar-refractivity contribution in [3.63, 3.8) is 0 Å². The number of nitrogens with one attached hydrogen (secondary N) is 2. The number of hydrogen-bond acceptors (Lipinski definition) is 7. The first-order chi connectivity index (χ1) is 12.1. The third-order valence-corrected chi connectivity index (χ3v) is 3.86. The number of aryl methyl sites for hydroxylation is 1. The number of anilines is 1. The predicted molar refractivity (Wildman–Crippen MR) is 97.4 cm³/mol. The first-order valence-corrected chi connectivity index (χ1v) is 8.18. The van der Waals surface area contributed by atoms with Gasteiger partial charge in [0.1, 0.15) is 12.4 Å². The standard InChI is InChI=1S/C18H26N4O3/c1-5-13-8-6-11-17(20-13)25-12-14-15(9-7-10-16(14)24-4)21-18(23)22(3)19-2/h6-11,18-19,21,23H,5,12H2,1-4H3. The summed E-state index contributed by atoms with van der Waals surface area (Å²) in [6, 6.07) is 11.3. The molecule has 1 unspecified atom stereocenters. The highest BCUT2D eigenvalue weighted by Gasteiger charge is 2.15. The Labute approximate surface area is 148 Å². The lowest BCUT2D eigenvalue weighted by Gasteiger charge is -2.25. The van der Waals surface area contributed by atoms with Gasteiger partial charge in [0.25, 0.3) is 0 Å². The summed E-state index contributed by atoms with van der Waals surface area (Å²) in [6.45, 7) is 2.32. The van der Waals surface area contributed by atoms with Crippen LogP contribution in [-0.2, 0) is 13.0 Å². The first-order valence-electron chi connectivity index (χ1n) is 8.18. The molecule has 1 heterocycles. The Bertz CT molecular complexity index is 681. The Balaban J connectivity index is 2.19. The first kappa shape index (κ1) is 19.0. The zero-order valence-electron chi connectivity index (χ0n) is 15.1. The highest BCUT2D eigenvalue weighted by Crippen LogP contribution is 2.28. The smallest absolute Gasteiger partial charge is 0.213 e.